The summed E-state index contributed by atoms with van der Waals surface area (Å²) in [6.45, 7) is 4.55. The van der Waals surface area contributed by atoms with Crippen LogP contribution >= 0.6 is 11.5 Å². The van der Waals surface area contributed by atoms with Gasteiger partial charge >= 0.3 is 0 Å². The summed E-state index contributed by atoms with van der Waals surface area (Å²) in [5.74, 6) is 0.714. The Balaban J connectivity index is 1.92. The number of carbonyl (C=O) groups is 1. The average molecular weight is 254 g/mol. The van der Waals surface area contributed by atoms with Crippen molar-refractivity contribution in [3.63, 3.8) is 0 Å². The smallest absolute Gasteiger partial charge is 0.265 e. The molecule has 2 rings (SSSR count). The summed E-state index contributed by atoms with van der Waals surface area (Å²) in [6, 6.07) is 0.0855. The zero-order chi connectivity index (χ0) is 12.4. The Kier molecular flexibility index (Phi) is 3.73. The van der Waals surface area contributed by atoms with Crippen molar-refractivity contribution in [1.29, 1.82) is 0 Å². The molecule has 0 aliphatic heterocycles. The van der Waals surface area contributed by atoms with Crippen LogP contribution < -0.4 is 11.1 Å². The highest BCUT2D eigenvalue weighted by molar-refractivity contribution is 7.08. The first-order valence-corrected chi connectivity index (χ1v) is 6.73. The predicted octanol–water partition coefficient (Wildman–Crippen LogP) is 1.13. The molecule has 5 nitrogen and oxygen atoms in total. The fourth-order valence-corrected chi connectivity index (χ4v) is 2.45. The van der Waals surface area contributed by atoms with Crippen LogP contribution in [0.2, 0.25) is 0 Å². The molecule has 1 saturated carbocycles. The van der Waals surface area contributed by atoms with E-state index >= 15 is 0 Å². The zero-order valence-electron chi connectivity index (χ0n) is 10.1. The molecule has 1 heterocycles. The van der Waals surface area contributed by atoms with E-state index in [1.54, 1.807) is 0 Å². The Morgan fingerprint density at radius 2 is 2.29 bits per heavy atom. The first-order chi connectivity index (χ1) is 8.09. The third-order valence-corrected chi connectivity index (χ3v) is 3.73. The van der Waals surface area contributed by atoms with Crippen LogP contribution in [-0.4, -0.2) is 28.1 Å². The molecule has 0 aromatic carbocycles. The van der Waals surface area contributed by atoms with Gasteiger partial charge in [-0.25, -0.2) is 0 Å². The van der Waals surface area contributed by atoms with E-state index in [1.807, 2.05) is 13.8 Å². The second-order valence-electron chi connectivity index (χ2n) is 4.85. The lowest BCUT2D eigenvalue weighted by Crippen LogP contribution is -2.38. The molecule has 1 amide bonds. The first-order valence-electron chi connectivity index (χ1n) is 5.95. The van der Waals surface area contributed by atoms with Crippen LogP contribution in [0.1, 0.15) is 48.0 Å². The van der Waals surface area contributed by atoms with Gasteiger partial charge < -0.3 is 11.1 Å². The van der Waals surface area contributed by atoms with E-state index in [9.17, 15) is 4.79 Å². The van der Waals surface area contributed by atoms with E-state index in [-0.39, 0.29) is 17.9 Å². The SMILES string of the molecule is CC(C)c1nnsc1C(=O)NCC(N)C1CC1. The lowest BCUT2D eigenvalue weighted by molar-refractivity contribution is 0.0953. The lowest BCUT2D eigenvalue weighted by Gasteiger charge is -2.11. The van der Waals surface area contributed by atoms with Gasteiger partial charge in [-0.2, -0.15) is 0 Å². The molecule has 1 aliphatic rings. The van der Waals surface area contributed by atoms with E-state index in [0.717, 1.165) is 17.2 Å². The van der Waals surface area contributed by atoms with Crippen LogP contribution in [-0.2, 0) is 0 Å². The van der Waals surface area contributed by atoms with Crippen LogP contribution in [0.4, 0.5) is 0 Å². The molecule has 1 atom stereocenters. The summed E-state index contributed by atoms with van der Waals surface area (Å²) in [7, 11) is 0. The second-order valence-corrected chi connectivity index (χ2v) is 5.61. The topological polar surface area (TPSA) is 80.9 Å². The van der Waals surface area contributed by atoms with Gasteiger partial charge in [-0.1, -0.05) is 18.3 Å². The summed E-state index contributed by atoms with van der Waals surface area (Å²) >= 11 is 1.15. The zero-order valence-corrected chi connectivity index (χ0v) is 11.0. The number of nitrogens with two attached hydrogens (primary N) is 1. The summed E-state index contributed by atoms with van der Waals surface area (Å²) in [5.41, 5.74) is 6.71. The van der Waals surface area contributed by atoms with Crippen LogP contribution in [0.5, 0.6) is 0 Å². The molecular formula is C11H18N4OS. The maximum absolute atomic E-state index is 11.9. The largest absolute Gasteiger partial charge is 0.350 e. The molecule has 0 spiro atoms. The highest BCUT2D eigenvalue weighted by atomic mass is 32.1. The number of hydrogen-bond acceptors (Lipinski definition) is 5. The molecule has 0 bridgehead atoms. The van der Waals surface area contributed by atoms with Gasteiger partial charge in [0.15, 0.2) is 0 Å². The Morgan fingerprint density at radius 3 is 2.88 bits per heavy atom. The maximum atomic E-state index is 11.9. The van der Waals surface area contributed by atoms with E-state index < -0.39 is 0 Å². The van der Waals surface area contributed by atoms with Crippen molar-refractivity contribution in [2.75, 3.05) is 6.54 Å². The highest BCUT2D eigenvalue weighted by Crippen LogP contribution is 2.31. The fraction of sp³-hybridized carbons (Fsp3) is 0.727. The number of nitrogens with one attached hydrogen (secondary N) is 1. The Labute approximate surface area is 105 Å². The summed E-state index contributed by atoms with van der Waals surface area (Å²) in [5, 5.41) is 6.86. The number of rotatable bonds is 5. The summed E-state index contributed by atoms with van der Waals surface area (Å²) in [6.07, 6.45) is 2.38. The standard InChI is InChI=1S/C11H18N4OS/c1-6(2)9-10(17-15-14-9)11(16)13-5-8(12)7-3-4-7/h6-8H,3-5,12H2,1-2H3,(H,13,16). The minimum atomic E-state index is -0.0974. The minimum Gasteiger partial charge on any atom is -0.350 e. The van der Waals surface area contributed by atoms with E-state index in [1.165, 1.54) is 12.8 Å². The average Bonchev–Trinajstić information content (AvgIpc) is 3.02. The molecule has 1 aromatic heterocycles. The Morgan fingerprint density at radius 1 is 1.59 bits per heavy atom. The van der Waals surface area contributed by atoms with E-state index in [2.05, 4.69) is 14.9 Å². The number of amides is 1. The van der Waals surface area contributed by atoms with Gasteiger partial charge in [0.05, 0.1) is 5.69 Å². The predicted molar refractivity (Wildman–Crippen MR) is 67.0 cm³/mol. The van der Waals surface area contributed by atoms with Crippen molar-refractivity contribution in [3.05, 3.63) is 10.6 Å². The number of hydrogen-bond donors (Lipinski definition) is 2. The number of nitrogens with zero attached hydrogens (tertiary/aromatic N) is 2. The van der Waals surface area contributed by atoms with Gasteiger partial charge in [-0.05, 0) is 36.2 Å². The van der Waals surface area contributed by atoms with E-state index in [0.29, 0.717) is 17.3 Å². The first kappa shape index (κ1) is 12.4. The number of carbonyl (C=O) groups excluding carboxylic acids is 1. The summed E-state index contributed by atoms with van der Waals surface area (Å²) < 4.78 is 3.84. The van der Waals surface area contributed by atoms with Crippen molar-refractivity contribution >= 4 is 17.4 Å². The molecule has 0 saturated heterocycles. The molecule has 94 valence electrons. The fourth-order valence-electron chi connectivity index (χ4n) is 1.71. The molecule has 1 fully saturated rings. The molecule has 17 heavy (non-hydrogen) atoms. The Bertz CT molecular complexity index is 400. The maximum Gasteiger partial charge on any atom is 0.265 e. The monoisotopic (exact) mass is 254 g/mol. The molecule has 0 radical (unpaired) electrons. The van der Waals surface area contributed by atoms with Gasteiger partial charge in [-0.3, -0.25) is 4.79 Å². The van der Waals surface area contributed by atoms with Crippen molar-refractivity contribution in [1.82, 2.24) is 14.9 Å². The van der Waals surface area contributed by atoms with Crippen LogP contribution in [0, 0.1) is 5.92 Å². The van der Waals surface area contributed by atoms with Crippen molar-refractivity contribution < 1.29 is 4.79 Å². The summed E-state index contributed by atoms with van der Waals surface area (Å²) in [4.78, 5) is 12.6. The minimum absolute atomic E-state index is 0.0855. The normalized spacial score (nSPS) is 17.2. The van der Waals surface area contributed by atoms with Gasteiger partial charge in [0, 0.05) is 12.6 Å². The molecule has 3 N–H and O–H groups in total. The van der Waals surface area contributed by atoms with Gasteiger partial charge in [-0.15, -0.1) is 5.10 Å². The van der Waals surface area contributed by atoms with Crippen LogP contribution in [0.3, 0.4) is 0 Å². The van der Waals surface area contributed by atoms with Crippen LogP contribution in [0.15, 0.2) is 0 Å². The third-order valence-electron chi connectivity index (χ3n) is 2.99. The van der Waals surface area contributed by atoms with Crippen molar-refractivity contribution in [2.24, 2.45) is 11.7 Å². The highest BCUT2D eigenvalue weighted by Gasteiger charge is 2.29. The van der Waals surface area contributed by atoms with Crippen molar-refractivity contribution in [2.45, 2.75) is 38.6 Å². The second kappa shape index (κ2) is 5.10. The van der Waals surface area contributed by atoms with Crippen LogP contribution in [0.25, 0.3) is 0 Å². The molecule has 1 unspecified atom stereocenters. The van der Waals surface area contributed by atoms with Crippen molar-refractivity contribution in [3.8, 4) is 0 Å². The van der Waals surface area contributed by atoms with Gasteiger partial charge in [0.1, 0.15) is 4.88 Å². The van der Waals surface area contributed by atoms with Gasteiger partial charge in [0.2, 0.25) is 0 Å². The molecule has 1 aromatic rings. The van der Waals surface area contributed by atoms with Gasteiger partial charge in [0.25, 0.3) is 5.91 Å². The third kappa shape index (κ3) is 3.01. The van der Waals surface area contributed by atoms with E-state index in [4.69, 9.17) is 5.73 Å². The molecule has 1 aliphatic carbocycles. The lowest BCUT2D eigenvalue weighted by atomic mass is 10.1. The number of aromatic nitrogens is 2. The quantitative estimate of drug-likeness (QED) is 0.825. The Hall–Kier alpha value is -1.01. The molecule has 6 heteroatoms. The molecular weight excluding hydrogens is 236 g/mol.